The van der Waals surface area contributed by atoms with E-state index in [1.54, 1.807) is 77.0 Å². The highest BCUT2D eigenvalue weighted by molar-refractivity contribution is 5.91. The summed E-state index contributed by atoms with van der Waals surface area (Å²) in [5.74, 6) is -0.0618. The summed E-state index contributed by atoms with van der Waals surface area (Å²) in [7, 11) is 6.21. The van der Waals surface area contributed by atoms with Crippen LogP contribution in [0.2, 0.25) is 0 Å². The molecule has 1 aliphatic rings. The van der Waals surface area contributed by atoms with Gasteiger partial charge >= 0.3 is 11.9 Å². The Morgan fingerprint density at radius 1 is 0.568 bits per heavy atom. The van der Waals surface area contributed by atoms with Crippen LogP contribution in [-0.4, -0.2) is 52.6 Å². The third-order valence-corrected chi connectivity index (χ3v) is 8.49. The van der Waals surface area contributed by atoms with E-state index < -0.39 is 35.3 Å². The van der Waals surface area contributed by atoms with Crippen molar-refractivity contribution in [3.63, 3.8) is 0 Å². The van der Waals surface area contributed by atoms with Crippen molar-refractivity contribution in [3.8, 4) is 11.5 Å². The summed E-state index contributed by atoms with van der Waals surface area (Å²) >= 11 is 0. The van der Waals surface area contributed by atoms with Gasteiger partial charge in [-0.25, -0.2) is 9.59 Å². The normalized spacial score (nSPS) is 22.4. The Bertz CT molecular complexity index is 1630. The summed E-state index contributed by atoms with van der Waals surface area (Å²) in [5.41, 5.74) is 1.08. The third kappa shape index (κ3) is 5.20. The molecule has 0 aliphatic heterocycles. The van der Waals surface area contributed by atoms with Crippen molar-refractivity contribution < 1.29 is 38.0 Å². The Labute approximate surface area is 257 Å². The van der Waals surface area contributed by atoms with Gasteiger partial charge in [0.25, 0.3) is 0 Å². The molecule has 1 aliphatic carbocycles. The maximum atomic E-state index is 13.9. The maximum absolute atomic E-state index is 13.9. The van der Waals surface area contributed by atoms with E-state index in [1.807, 2.05) is 62.4 Å². The lowest BCUT2D eigenvalue weighted by molar-refractivity contribution is -0.208. The highest BCUT2D eigenvalue weighted by atomic mass is 16.6. The molecular formula is C36H36O8. The number of aryl methyl sites for hydroxylation is 1. The van der Waals surface area contributed by atoms with Crippen LogP contribution in [0.5, 0.6) is 11.5 Å². The second-order valence-corrected chi connectivity index (χ2v) is 10.7. The minimum Gasteiger partial charge on any atom is -0.497 e. The molecule has 0 radical (unpaired) electrons. The molecule has 4 atom stereocenters. The van der Waals surface area contributed by atoms with E-state index in [0.29, 0.717) is 22.6 Å². The maximum Gasteiger partial charge on any atom is 0.338 e. The number of carbonyl (C=O) groups is 2. The molecule has 44 heavy (non-hydrogen) atoms. The number of hydrogen-bond donors (Lipinski definition) is 0. The van der Waals surface area contributed by atoms with Crippen LogP contribution >= 0.6 is 0 Å². The van der Waals surface area contributed by atoms with Crippen LogP contribution in [0.15, 0.2) is 97.1 Å². The Hall–Kier alpha value is -4.66. The monoisotopic (exact) mass is 596 g/mol. The van der Waals surface area contributed by atoms with Crippen LogP contribution in [-0.2, 0) is 30.1 Å². The first-order chi connectivity index (χ1) is 21.2. The number of hydrogen-bond acceptors (Lipinski definition) is 8. The molecule has 4 aromatic rings. The molecule has 0 bridgehead atoms. The van der Waals surface area contributed by atoms with Gasteiger partial charge in [0.1, 0.15) is 17.1 Å². The van der Waals surface area contributed by atoms with Crippen molar-refractivity contribution in [3.05, 3.63) is 130 Å². The number of fused-ring (bicyclic) bond motifs is 1. The first-order valence-electron chi connectivity index (χ1n) is 14.2. The van der Waals surface area contributed by atoms with Crippen LogP contribution in [0.3, 0.4) is 0 Å². The number of carbonyl (C=O) groups excluding carboxylic acids is 2. The molecule has 3 unspecified atom stereocenters. The summed E-state index contributed by atoms with van der Waals surface area (Å²) in [6.45, 7) is 3.78. The van der Waals surface area contributed by atoms with Gasteiger partial charge in [0.2, 0.25) is 0 Å². The Balaban J connectivity index is 1.73. The van der Waals surface area contributed by atoms with Gasteiger partial charge in [-0.3, -0.25) is 0 Å². The standard InChI is InChI=1S/C36H36O8/c1-23-11-7-8-12-28(23)36(42-6)30-14-10-9-13-29(30)35(2,41-5)31(43-33(37)24-15-19-26(39-3)20-16-24)32(36)44-34(38)25-17-21-27(40-4)22-18-25/h7-22,31-32H,1-6H3/t31?,32?,35-,36?/m1/s1. The van der Waals surface area contributed by atoms with Gasteiger partial charge in [-0.2, -0.15) is 0 Å². The molecule has 0 amide bonds. The van der Waals surface area contributed by atoms with Gasteiger partial charge < -0.3 is 28.4 Å². The van der Waals surface area contributed by atoms with Gasteiger partial charge in [0, 0.05) is 14.2 Å². The molecular weight excluding hydrogens is 560 g/mol. The van der Waals surface area contributed by atoms with Crippen LogP contribution in [0.1, 0.15) is 49.9 Å². The summed E-state index contributed by atoms with van der Waals surface area (Å²) in [6.07, 6.45) is -2.34. The molecule has 8 heteroatoms. The largest absolute Gasteiger partial charge is 0.497 e. The molecule has 0 aromatic heterocycles. The predicted octanol–water partition coefficient (Wildman–Crippen LogP) is 6.23. The fourth-order valence-electron chi connectivity index (χ4n) is 6.04. The molecule has 0 fully saturated rings. The summed E-state index contributed by atoms with van der Waals surface area (Å²) in [5, 5.41) is 0. The van der Waals surface area contributed by atoms with Gasteiger partial charge in [-0.05, 0) is 84.6 Å². The van der Waals surface area contributed by atoms with E-state index >= 15 is 0 Å². The lowest BCUT2D eigenvalue weighted by atomic mass is 9.65. The molecule has 0 heterocycles. The smallest absolute Gasteiger partial charge is 0.338 e. The number of esters is 2. The molecule has 5 rings (SSSR count). The summed E-state index contributed by atoms with van der Waals surface area (Å²) in [6, 6.07) is 28.5. The lowest BCUT2D eigenvalue weighted by Crippen LogP contribution is -2.64. The minimum absolute atomic E-state index is 0.291. The van der Waals surface area contributed by atoms with Crippen LogP contribution in [0.4, 0.5) is 0 Å². The predicted molar refractivity (Wildman–Crippen MR) is 164 cm³/mol. The number of rotatable bonds is 9. The average molecular weight is 597 g/mol. The van der Waals surface area contributed by atoms with Crippen molar-refractivity contribution in [1.29, 1.82) is 0 Å². The fourth-order valence-corrected chi connectivity index (χ4v) is 6.04. The zero-order valence-corrected chi connectivity index (χ0v) is 25.7. The van der Waals surface area contributed by atoms with Crippen LogP contribution in [0.25, 0.3) is 0 Å². The Morgan fingerprint density at radius 3 is 1.48 bits per heavy atom. The zero-order valence-electron chi connectivity index (χ0n) is 25.7. The van der Waals surface area contributed by atoms with E-state index in [4.69, 9.17) is 28.4 Å². The first-order valence-corrected chi connectivity index (χ1v) is 14.2. The topological polar surface area (TPSA) is 89.5 Å². The van der Waals surface area contributed by atoms with Crippen molar-refractivity contribution in [1.82, 2.24) is 0 Å². The second-order valence-electron chi connectivity index (χ2n) is 10.7. The summed E-state index contributed by atoms with van der Waals surface area (Å²) in [4.78, 5) is 27.7. The molecule has 8 nitrogen and oxygen atoms in total. The van der Waals surface area contributed by atoms with E-state index in [-0.39, 0.29) is 0 Å². The number of benzene rings is 4. The van der Waals surface area contributed by atoms with Crippen molar-refractivity contribution in [2.24, 2.45) is 0 Å². The average Bonchev–Trinajstić information content (AvgIpc) is 3.07. The minimum atomic E-state index is -1.38. The molecule has 4 aromatic carbocycles. The molecule has 0 spiro atoms. The highest BCUT2D eigenvalue weighted by Crippen LogP contribution is 2.53. The van der Waals surface area contributed by atoms with E-state index in [0.717, 1.165) is 22.3 Å². The first kappa shape index (κ1) is 30.8. The van der Waals surface area contributed by atoms with Crippen LogP contribution < -0.4 is 9.47 Å². The zero-order chi connectivity index (χ0) is 31.5. The molecule has 228 valence electrons. The van der Waals surface area contributed by atoms with Gasteiger partial charge in [-0.15, -0.1) is 0 Å². The third-order valence-electron chi connectivity index (χ3n) is 8.49. The van der Waals surface area contributed by atoms with E-state index in [2.05, 4.69) is 0 Å². The van der Waals surface area contributed by atoms with Gasteiger partial charge in [0.05, 0.1) is 25.3 Å². The van der Waals surface area contributed by atoms with Crippen molar-refractivity contribution >= 4 is 11.9 Å². The lowest BCUT2D eigenvalue weighted by Gasteiger charge is -2.53. The summed E-state index contributed by atoms with van der Waals surface area (Å²) < 4.78 is 35.9. The fraction of sp³-hybridized carbons (Fsp3) is 0.278. The van der Waals surface area contributed by atoms with E-state index in [1.165, 1.54) is 0 Å². The van der Waals surface area contributed by atoms with Crippen molar-refractivity contribution in [2.45, 2.75) is 37.3 Å². The van der Waals surface area contributed by atoms with Crippen LogP contribution in [0, 0.1) is 6.92 Å². The van der Waals surface area contributed by atoms with Gasteiger partial charge in [0.15, 0.2) is 17.8 Å². The second kappa shape index (κ2) is 12.5. The number of ether oxygens (including phenoxy) is 6. The number of methoxy groups -OCH3 is 4. The van der Waals surface area contributed by atoms with Crippen molar-refractivity contribution in [2.75, 3.05) is 28.4 Å². The Morgan fingerprint density at radius 2 is 1.02 bits per heavy atom. The Kier molecular flexibility index (Phi) is 8.76. The van der Waals surface area contributed by atoms with E-state index in [9.17, 15) is 9.59 Å². The molecule has 0 saturated carbocycles. The molecule has 0 saturated heterocycles. The molecule has 0 N–H and O–H groups in total. The van der Waals surface area contributed by atoms with Gasteiger partial charge in [-0.1, -0.05) is 48.5 Å². The quantitative estimate of drug-likeness (QED) is 0.210. The highest BCUT2D eigenvalue weighted by Gasteiger charge is 2.63. The SMILES string of the molecule is COc1ccc(C(=O)OC2C(OC(=O)c3ccc(OC)cc3)[C@](C)(OC)c3ccccc3C2(OC)c2ccccc2C)cc1.